The van der Waals surface area contributed by atoms with Crippen molar-refractivity contribution >= 4 is 33.2 Å². The highest BCUT2D eigenvalue weighted by Crippen LogP contribution is 2.37. The highest BCUT2D eigenvalue weighted by atomic mass is 15.0. The molecule has 7 rings (SSSR count). The van der Waals surface area contributed by atoms with Crippen LogP contribution in [0.25, 0.3) is 38.6 Å². The topological polar surface area (TPSA) is 17.3 Å². The molecular weight excluding hydrogens is 412 g/mol. The minimum Gasteiger partial charge on any atom is -0.309 e. The minimum atomic E-state index is 0.892. The molecule has 0 radical (unpaired) electrons. The van der Waals surface area contributed by atoms with Crippen LogP contribution in [0.1, 0.15) is 11.1 Å². The van der Waals surface area contributed by atoms with Crippen LogP contribution in [0.4, 0.5) is 5.69 Å². The zero-order valence-corrected chi connectivity index (χ0v) is 18.6. The van der Waals surface area contributed by atoms with Gasteiger partial charge in [-0.2, -0.15) is 0 Å². The lowest BCUT2D eigenvalue weighted by molar-refractivity contribution is 1.18. The molecule has 0 bridgehead atoms. The summed E-state index contributed by atoms with van der Waals surface area (Å²) in [6.07, 6.45) is 0.892. The van der Waals surface area contributed by atoms with E-state index in [4.69, 9.17) is 4.99 Å². The summed E-state index contributed by atoms with van der Waals surface area (Å²) in [5.41, 5.74) is 10.8. The third-order valence-electron chi connectivity index (χ3n) is 6.83. The summed E-state index contributed by atoms with van der Waals surface area (Å²) in [5.74, 6) is 0. The van der Waals surface area contributed by atoms with Crippen LogP contribution in [-0.2, 0) is 6.42 Å². The van der Waals surface area contributed by atoms with Crippen molar-refractivity contribution in [3.63, 3.8) is 0 Å². The van der Waals surface area contributed by atoms with E-state index in [1.807, 2.05) is 0 Å². The Morgan fingerprint density at radius 2 is 1.21 bits per heavy atom. The number of aliphatic imine (C=N–C) groups is 1. The largest absolute Gasteiger partial charge is 0.309 e. The van der Waals surface area contributed by atoms with Crippen LogP contribution in [0.15, 0.2) is 126 Å². The van der Waals surface area contributed by atoms with E-state index in [1.54, 1.807) is 0 Å². The molecule has 2 nitrogen and oxygen atoms in total. The van der Waals surface area contributed by atoms with Crippen molar-refractivity contribution in [2.24, 2.45) is 4.99 Å². The second-order valence-electron chi connectivity index (χ2n) is 8.86. The van der Waals surface area contributed by atoms with Crippen LogP contribution in [0.5, 0.6) is 0 Å². The van der Waals surface area contributed by atoms with Gasteiger partial charge in [0.25, 0.3) is 0 Å². The Morgan fingerprint density at radius 1 is 0.529 bits per heavy atom. The average Bonchev–Trinajstić information content (AvgIpc) is 3.48. The molecule has 0 spiro atoms. The second kappa shape index (κ2) is 7.57. The summed E-state index contributed by atoms with van der Waals surface area (Å²) in [4.78, 5) is 4.98. The molecule has 0 saturated carbocycles. The summed E-state index contributed by atoms with van der Waals surface area (Å²) >= 11 is 0. The Labute approximate surface area is 198 Å². The Morgan fingerprint density at radius 3 is 2.06 bits per heavy atom. The van der Waals surface area contributed by atoms with E-state index >= 15 is 0 Å². The van der Waals surface area contributed by atoms with Crippen LogP contribution >= 0.6 is 0 Å². The zero-order valence-electron chi connectivity index (χ0n) is 18.6. The number of aromatic nitrogens is 1. The van der Waals surface area contributed by atoms with Crippen LogP contribution in [0.3, 0.4) is 0 Å². The van der Waals surface area contributed by atoms with Crippen molar-refractivity contribution in [1.82, 2.24) is 4.57 Å². The van der Waals surface area contributed by atoms with E-state index in [-0.39, 0.29) is 0 Å². The lowest BCUT2D eigenvalue weighted by Crippen LogP contribution is -1.99. The molecule has 34 heavy (non-hydrogen) atoms. The molecule has 0 fully saturated rings. The standard InChI is InChI=1S/C32H22N2/c1-3-9-22(10-4-1)29-21-25-16-15-24(20-30(25)33-29)23-17-18-32-28(19-23)27-13-7-8-14-31(27)34(32)26-11-5-2-6-12-26/h1-20H,21H2. The third kappa shape index (κ3) is 3.00. The molecule has 2 heteroatoms. The quantitative estimate of drug-likeness (QED) is 0.267. The third-order valence-corrected chi connectivity index (χ3v) is 6.83. The first kappa shape index (κ1) is 19.1. The fourth-order valence-electron chi connectivity index (χ4n) is 5.17. The molecule has 2 heterocycles. The van der Waals surface area contributed by atoms with Crippen molar-refractivity contribution in [2.75, 3.05) is 0 Å². The van der Waals surface area contributed by atoms with E-state index in [2.05, 4.69) is 126 Å². The number of fused-ring (bicyclic) bond motifs is 4. The van der Waals surface area contributed by atoms with Gasteiger partial charge in [-0.3, -0.25) is 4.99 Å². The zero-order chi connectivity index (χ0) is 22.5. The van der Waals surface area contributed by atoms with Gasteiger partial charge in [-0.25, -0.2) is 0 Å². The monoisotopic (exact) mass is 434 g/mol. The molecule has 0 aliphatic carbocycles. The predicted octanol–water partition coefficient (Wildman–Crippen LogP) is 8.13. The first-order chi connectivity index (χ1) is 16.8. The molecule has 0 N–H and O–H groups in total. The van der Waals surface area contributed by atoms with Gasteiger partial charge in [0.05, 0.1) is 22.4 Å². The minimum absolute atomic E-state index is 0.892. The maximum absolute atomic E-state index is 4.98. The molecule has 0 amide bonds. The first-order valence-corrected chi connectivity index (χ1v) is 11.7. The Bertz CT molecular complexity index is 1710. The van der Waals surface area contributed by atoms with Crippen LogP contribution in [0.2, 0.25) is 0 Å². The molecule has 1 aliphatic rings. The molecule has 0 atom stereocenters. The number of rotatable bonds is 3. The van der Waals surface area contributed by atoms with Gasteiger partial charge in [-0.1, -0.05) is 84.9 Å². The van der Waals surface area contributed by atoms with Crippen molar-refractivity contribution in [3.8, 4) is 16.8 Å². The fraction of sp³-hybridized carbons (Fsp3) is 0.0312. The van der Waals surface area contributed by atoms with Gasteiger partial charge in [0.2, 0.25) is 0 Å². The summed E-state index contributed by atoms with van der Waals surface area (Å²) in [6.45, 7) is 0. The van der Waals surface area contributed by atoms with Gasteiger partial charge < -0.3 is 4.57 Å². The molecule has 1 aromatic heterocycles. The van der Waals surface area contributed by atoms with Crippen molar-refractivity contribution in [1.29, 1.82) is 0 Å². The number of para-hydroxylation sites is 2. The van der Waals surface area contributed by atoms with E-state index in [1.165, 1.54) is 49.7 Å². The van der Waals surface area contributed by atoms with E-state index in [0.29, 0.717) is 0 Å². The van der Waals surface area contributed by atoms with E-state index in [9.17, 15) is 0 Å². The highest BCUT2D eigenvalue weighted by molar-refractivity contribution is 6.11. The van der Waals surface area contributed by atoms with Gasteiger partial charge in [0.1, 0.15) is 0 Å². The molecular formula is C32H22N2. The van der Waals surface area contributed by atoms with Gasteiger partial charge in [0.15, 0.2) is 0 Å². The van der Waals surface area contributed by atoms with Crippen molar-refractivity contribution < 1.29 is 0 Å². The summed E-state index contributed by atoms with van der Waals surface area (Å²) in [5, 5.41) is 2.54. The molecule has 5 aromatic carbocycles. The summed E-state index contributed by atoms with van der Waals surface area (Å²) in [6, 6.07) is 43.3. The average molecular weight is 435 g/mol. The van der Waals surface area contributed by atoms with Crippen molar-refractivity contribution in [3.05, 3.63) is 132 Å². The van der Waals surface area contributed by atoms with Gasteiger partial charge in [-0.05, 0) is 58.7 Å². The molecule has 0 saturated heterocycles. The lowest BCUT2D eigenvalue weighted by Gasteiger charge is -2.08. The lowest BCUT2D eigenvalue weighted by atomic mass is 9.99. The number of hydrogen-bond acceptors (Lipinski definition) is 1. The normalized spacial score (nSPS) is 12.8. The van der Waals surface area contributed by atoms with Crippen LogP contribution in [0, 0.1) is 0 Å². The highest BCUT2D eigenvalue weighted by Gasteiger charge is 2.17. The smallest absolute Gasteiger partial charge is 0.0675 e. The van der Waals surface area contributed by atoms with Crippen LogP contribution in [-0.4, -0.2) is 10.3 Å². The maximum atomic E-state index is 4.98. The Balaban J connectivity index is 1.36. The van der Waals surface area contributed by atoms with Gasteiger partial charge in [-0.15, -0.1) is 0 Å². The predicted molar refractivity (Wildman–Crippen MR) is 143 cm³/mol. The van der Waals surface area contributed by atoms with E-state index < -0.39 is 0 Å². The maximum Gasteiger partial charge on any atom is 0.0675 e. The number of nitrogens with zero attached hydrogens (tertiary/aromatic N) is 2. The molecule has 160 valence electrons. The molecule has 1 aliphatic heterocycles. The van der Waals surface area contributed by atoms with Gasteiger partial charge in [0, 0.05) is 22.9 Å². The summed E-state index contributed by atoms with van der Waals surface area (Å²) in [7, 11) is 0. The SMILES string of the molecule is c1ccc(C2=Nc3cc(-c4ccc5c(c4)c4ccccc4n5-c4ccccc4)ccc3C2)cc1. The second-order valence-corrected chi connectivity index (χ2v) is 8.86. The molecule has 0 unspecified atom stereocenters. The Hall–Kier alpha value is -4.43. The fourth-order valence-corrected chi connectivity index (χ4v) is 5.17. The number of hydrogen-bond donors (Lipinski definition) is 0. The Kier molecular flexibility index (Phi) is 4.25. The summed E-state index contributed by atoms with van der Waals surface area (Å²) < 4.78 is 2.35. The van der Waals surface area contributed by atoms with Crippen LogP contribution < -0.4 is 0 Å². The van der Waals surface area contributed by atoms with Crippen molar-refractivity contribution in [2.45, 2.75) is 6.42 Å². The number of benzene rings is 5. The van der Waals surface area contributed by atoms with Gasteiger partial charge >= 0.3 is 0 Å². The van der Waals surface area contributed by atoms with E-state index in [0.717, 1.165) is 17.8 Å². The first-order valence-electron chi connectivity index (χ1n) is 11.7. The molecule has 6 aromatic rings.